The highest BCUT2D eigenvalue weighted by Crippen LogP contribution is 2.63. The van der Waals surface area contributed by atoms with Gasteiger partial charge in [-0.05, 0) is 23.6 Å². The zero-order valence-electron chi connectivity index (χ0n) is 9.91. The fourth-order valence-electron chi connectivity index (χ4n) is 2.85. The van der Waals surface area contributed by atoms with Crippen LogP contribution in [0.5, 0.6) is 0 Å². The Morgan fingerprint density at radius 1 is 1.22 bits per heavy atom. The topological polar surface area (TPSA) is 37.4 Å². The van der Waals surface area contributed by atoms with Crippen molar-refractivity contribution in [1.82, 2.24) is 0 Å². The maximum atomic E-state index is 13.8. The lowest BCUT2D eigenvalue weighted by Crippen LogP contribution is -2.36. The highest BCUT2D eigenvalue weighted by atomic mass is 79.9. The Kier molecular flexibility index (Phi) is 2.24. The van der Waals surface area contributed by atoms with Crippen molar-refractivity contribution < 1.29 is 14.0 Å². The second-order valence-corrected chi connectivity index (χ2v) is 6.30. The van der Waals surface area contributed by atoms with E-state index in [4.69, 9.17) is 0 Å². The first-order valence-corrected chi connectivity index (χ1v) is 6.48. The quantitative estimate of drug-likeness (QED) is 0.748. The zero-order chi connectivity index (χ0) is 13.2. The Bertz CT molecular complexity index is 560. The molecular formula is C13H11BrFNO2. The van der Waals surface area contributed by atoms with Gasteiger partial charge in [0.15, 0.2) is 0 Å². The van der Waals surface area contributed by atoms with Gasteiger partial charge in [0.25, 0.3) is 0 Å². The van der Waals surface area contributed by atoms with Crippen molar-refractivity contribution in [2.24, 2.45) is 17.3 Å². The number of rotatable bonds is 1. The first kappa shape index (κ1) is 11.8. The van der Waals surface area contributed by atoms with Crippen LogP contribution >= 0.6 is 15.9 Å². The summed E-state index contributed by atoms with van der Waals surface area (Å²) in [5.41, 5.74) is -0.215. The molecule has 0 aromatic heterocycles. The molecule has 2 aliphatic rings. The molecule has 1 aromatic rings. The van der Waals surface area contributed by atoms with Gasteiger partial charge in [-0.25, -0.2) is 9.29 Å². The molecule has 5 heteroatoms. The number of carbonyl (C=O) groups is 2. The van der Waals surface area contributed by atoms with Crippen LogP contribution in [0.2, 0.25) is 0 Å². The Morgan fingerprint density at radius 3 is 2.28 bits per heavy atom. The number of fused-ring (bicyclic) bond motifs is 1. The first-order chi connectivity index (χ1) is 8.35. The van der Waals surface area contributed by atoms with Crippen LogP contribution in [0.4, 0.5) is 10.1 Å². The summed E-state index contributed by atoms with van der Waals surface area (Å²) in [6.07, 6.45) is 0. The number of imide groups is 1. The van der Waals surface area contributed by atoms with Crippen LogP contribution in [0.15, 0.2) is 22.7 Å². The third-order valence-electron chi connectivity index (χ3n) is 3.95. The summed E-state index contributed by atoms with van der Waals surface area (Å²) in [6.45, 7) is 3.79. The fourth-order valence-corrected chi connectivity index (χ4v) is 3.18. The van der Waals surface area contributed by atoms with Gasteiger partial charge < -0.3 is 0 Å². The lowest BCUT2D eigenvalue weighted by Gasteiger charge is -2.21. The molecule has 94 valence electrons. The number of carbonyl (C=O) groups excluding carboxylic acids is 2. The summed E-state index contributed by atoms with van der Waals surface area (Å²) in [6, 6.07) is 4.33. The molecule has 1 aliphatic heterocycles. The molecule has 0 radical (unpaired) electrons. The van der Waals surface area contributed by atoms with Crippen molar-refractivity contribution in [2.45, 2.75) is 13.8 Å². The van der Waals surface area contributed by atoms with E-state index in [1.54, 1.807) is 6.07 Å². The molecule has 3 rings (SSSR count). The summed E-state index contributed by atoms with van der Waals surface area (Å²) >= 11 is 3.15. The molecule has 1 saturated carbocycles. The maximum absolute atomic E-state index is 13.8. The van der Waals surface area contributed by atoms with Crippen LogP contribution in [0.25, 0.3) is 0 Å². The molecule has 1 saturated heterocycles. The van der Waals surface area contributed by atoms with Crippen molar-refractivity contribution in [3.8, 4) is 0 Å². The summed E-state index contributed by atoms with van der Waals surface area (Å²) < 4.78 is 14.4. The molecule has 3 nitrogen and oxygen atoms in total. The van der Waals surface area contributed by atoms with Crippen LogP contribution in [0, 0.1) is 23.1 Å². The largest absolute Gasteiger partial charge is 0.274 e. The van der Waals surface area contributed by atoms with Gasteiger partial charge in [-0.15, -0.1) is 0 Å². The standard InChI is InChI=1S/C13H11BrFNO2/c1-13(2)9-10(13)12(18)16(11(9)17)8-4-3-6(14)5-7(8)15/h3-5,9-10H,1-2H3. The van der Waals surface area contributed by atoms with E-state index < -0.39 is 5.82 Å². The number of benzene rings is 1. The van der Waals surface area contributed by atoms with Crippen molar-refractivity contribution >= 4 is 33.4 Å². The van der Waals surface area contributed by atoms with Gasteiger partial charge in [-0.2, -0.15) is 0 Å². The van der Waals surface area contributed by atoms with Crippen LogP contribution in [0.1, 0.15) is 13.8 Å². The minimum absolute atomic E-state index is 0.0520. The summed E-state index contributed by atoms with van der Waals surface area (Å²) in [4.78, 5) is 25.3. The lowest BCUT2D eigenvalue weighted by molar-refractivity contribution is -0.125. The highest BCUT2D eigenvalue weighted by molar-refractivity contribution is 9.10. The van der Waals surface area contributed by atoms with Crippen LogP contribution in [0.3, 0.4) is 0 Å². The zero-order valence-corrected chi connectivity index (χ0v) is 11.5. The molecule has 2 fully saturated rings. The van der Waals surface area contributed by atoms with Crippen molar-refractivity contribution in [2.75, 3.05) is 4.90 Å². The van der Waals surface area contributed by atoms with E-state index in [-0.39, 0.29) is 34.8 Å². The highest BCUT2D eigenvalue weighted by Gasteiger charge is 2.72. The SMILES string of the molecule is CC1(C)C2C(=O)N(c3ccc(Br)cc3F)C(=O)C21. The van der Waals surface area contributed by atoms with Crippen molar-refractivity contribution in [3.05, 3.63) is 28.5 Å². The summed E-state index contributed by atoms with van der Waals surface area (Å²) in [5, 5.41) is 0. The second-order valence-electron chi connectivity index (χ2n) is 5.38. The Morgan fingerprint density at radius 2 is 1.78 bits per heavy atom. The van der Waals surface area contributed by atoms with E-state index in [2.05, 4.69) is 15.9 Å². The molecular weight excluding hydrogens is 301 g/mol. The normalized spacial score (nSPS) is 28.6. The smallest absolute Gasteiger partial charge is 0.238 e. The van der Waals surface area contributed by atoms with E-state index >= 15 is 0 Å². The monoisotopic (exact) mass is 311 g/mol. The van der Waals surface area contributed by atoms with Crippen molar-refractivity contribution in [1.29, 1.82) is 0 Å². The molecule has 0 spiro atoms. The van der Waals surface area contributed by atoms with E-state index in [1.165, 1.54) is 12.1 Å². The average molecular weight is 312 g/mol. The molecule has 18 heavy (non-hydrogen) atoms. The molecule has 1 aromatic carbocycles. The van der Waals surface area contributed by atoms with Crippen LogP contribution in [-0.4, -0.2) is 11.8 Å². The maximum Gasteiger partial charge on any atom is 0.238 e. The van der Waals surface area contributed by atoms with Gasteiger partial charge in [-0.1, -0.05) is 29.8 Å². The fraction of sp³-hybridized carbons (Fsp3) is 0.385. The summed E-state index contributed by atoms with van der Waals surface area (Å²) in [7, 11) is 0. The van der Waals surface area contributed by atoms with E-state index in [9.17, 15) is 14.0 Å². The molecule has 1 aliphatic carbocycles. The lowest BCUT2D eigenvalue weighted by atomic mass is 10.1. The van der Waals surface area contributed by atoms with Gasteiger partial charge in [0.2, 0.25) is 11.8 Å². The number of halogens is 2. The van der Waals surface area contributed by atoms with E-state index in [1.807, 2.05) is 13.8 Å². The predicted octanol–water partition coefficient (Wildman–Crippen LogP) is 2.73. The average Bonchev–Trinajstić information content (AvgIpc) is 2.72. The molecule has 0 N–H and O–H groups in total. The van der Waals surface area contributed by atoms with Gasteiger partial charge in [0.05, 0.1) is 17.5 Å². The Hall–Kier alpha value is -1.23. The number of hydrogen-bond acceptors (Lipinski definition) is 2. The van der Waals surface area contributed by atoms with E-state index in [0.29, 0.717) is 4.47 Å². The summed E-state index contributed by atoms with van der Waals surface area (Å²) in [5.74, 6) is -1.70. The molecule has 0 bridgehead atoms. The number of amides is 2. The van der Waals surface area contributed by atoms with Gasteiger partial charge >= 0.3 is 0 Å². The van der Waals surface area contributed by atoms with Crippen LogP contribution in [-0.2, 0) is 9.59 Å². The molecule has 1 heterocycles. The first-order valence-electron chi connectivity index (χ1n) is 5.68. The minimum Gasteiger partial charge on any atom is -0.274 e. The number of nitrogens with zero attached hydrogens (tertiary/aromatic N) is 1. The molecule has 2 atom stereocenters. The Labute approximate surface area is 112 Å². The number of hydrogen-bond donors (Lipinski definition) is 0. The van der Waals surface area contributed by atoms with E-state index in [0.717, 1.165) is 4.90 Å². The van der Waals surface area contributed by atoms with Gasteiger partial charge in [0.1, 0.15) is 5.82 Å². The molecule has 2 amide bonds. The second kappa shape index (κ2) is 3.41. The van der Waals surface area contributed by atoms with Gasteiger partial charge in [-0.3, -0.25) is 9.59 Å². The van der Waals surface area contributed by atoms with Gasteiger partial charge in [0, 0.05) is 4.47 Å². The minimum atomic E-state index is -0.565. The molecule has 2 unspecified atom stereocenters. The third kappa shape index (κ3) is 1.34. The number of anilines is 1. The van der Waals surface area contributed by atoms with Crippen molar-refractivity contribution in [3.63, 3.8) is 0 Å². The Balaban J connectivity index is 2.01. The predicted molar refractivity (Wildman–Crippen MR) is 67.4 cm³/mol. The third-order valence-corrected chi connectivity index (χ3v) is 4.44. The number of piperidine rings is 1. The van der Waals surface area contributed by atoms with Crippen LogP contribution < -0.4 is 4.90 Å².